The molecular formula is C50H64N12O2. The van der Waals surface area contributed by atoms with Crippen molar-refractivity contribution in [3.05, 3.63) is 109 Å². The minimum atomic E-state index is -0.502. The standard InChI is InChI=1S/C26H32N6O2.C22H26N6.C2H6/c1-26(2,3)34-25(33)30(4)20-11-14-31(17-20)24-23(27-12-13-28-24)19-15-32(16-19)22-10-9-18-7-5-6-8-21(18)29-22;1-26(2)18-9-12-27(15-18)22-21(23-10-11-24-22)17-13-28(14-17)20-8-7-16-5-3-4-6-19(16)25-20;1-2/h5-10,12-13,19-20H,11,14-17H2,1-4H3;3-8,10-11,17-18H,9,12-15H2,1-2H3;1-2H3. The minimum Gasteiger partial charge on any atom is -0.444 e. The summed E-state index contributed by atoms with van der Waals surface area (Å²) in [7, 11) is 6.14. The molecule has 336 valence electrons. The highest BCUT2D eigenvalue weighted by Crippen LogP contribution is 2.37. The predicted octanol–water partition coefficient (Wildman–Crippen LogP) is 7.87. The maximum Gasteiger partial charge on any atom is 0.410 e. The van der Waals surface area contributed by atoms with Crippen LogP contribution in [0.4, 0.5) is 28.1 Å². The second-order valence-electron chi connectivity index (χ2n) is 18.3. The molecule has 14 nitrogen and oxygen atoms in total. The Morgan fingerprint density at radius 1 is 0.578 bits per heavy atom. The lowest BCUT2D eigenvalue weighted by Gasteiger charge is -2.40. The average molecular weight is 865 g/mol. The van der Waals surface area contributed by atoms with Gasteiger partial charge in [0.05, 0.1) is 28.5 Å². The van der Waals surface area contributed by atoms with E-state index in [0.717, 1.165) is 110 Å². The normalized spacial score (nSPS) is 18.9. The van der Waals surface area contributed by atoms with Crippen LogP contribution < -0.4 is 19.6 Å². The minimum absolute atomic E-state index is 0.0874. The van der Waals surface area contributed by atoms with Gasteiger partial charge in [0.25, 0.3) is 0 Å². The summed E-state index contributed by atoms with van der Waals surface area (Å²) in [5.74, 6) is 4.77. The molecule has 4 saturated heterocycles. The number of rotatable bonds is 8. The molecule has 6 aromatic rings. The number of benzene rings is 2. The summed E-state index contributed by atoms with van der Waals surface area (Å²) in [5, 5.41) is 2.34. The zero-order chi connectivity index (χ0) is 45.0. The van der Waals surface area contributed by atoms with E-state index in [-0.39, 0.29) is 12.1 Å². The number of ether oxygens (including phenoxy) is 1. The van der Waals surface area contributed by atoms with Gasteiger partial charge in [0.2, 0.25) is 0 Å². The molecule has 2 aromatic carbocycles. The third kappa shape index (κ3) is 9.81. The lowest BCUT2D eigenvalue weighted by atomic mass is 9.95. The molecule has 14 heteroatoms. The van der Waals surface area contributed by atoms with E-state index in [9.17, 15) is 4.79 Å². The summed E-state index contributed by atoms with van der Waals surface area (Å²) < 4.78 is 5.55. The number of pyridine rings is 2. The van der Waals surface area contributed by atoms with Gasteiger partial charge in [0.1, 0.15) is 17.2 Å². The van der Waals surface area contributed by atoms with Gasteiger partial charge in [-0.2, -0.15) is 0 Å². The number of fused-ring (bicyclic) bond motifs is 2. The molecule has 0 saturated carbocycles. The summed E-state index contributed by atoms with van der Waals surface area (Å²) in [5.41, 5.74) is 3.73. The number of hydrogen-bond donors (Lipinski definition) is 0. The number of nitrogens with zero attached hydrogens (tertiary/aromatic N) is 12. The van der Waals surface area contributed by atoms with Gasteiger partial charge < -0.3 is 34.1 Å². The fourth-order valence-electron chi connectivity index (χ4n) is 8.98. The van der Waals surface area contributed by atoms with Gasteiger partial charge in [-0.15, -0.1) is 0 Å². The van der Waals surface area contributed by atoms with Crippen molar-refractivity contribution in [3.8, 4) is 0 Å². The molecule has 8 heterocycles. The third-order valence-corrected chi connectivity index (χ3v) is 12.6. The van der Waals surface area contributed by atoms with Crippen molar-refractivity contribution in [2.24, 2.45) is 0 Å². The Morgan fingerprint density at radius 2 is 1.02 bits per heavy atom. The van der Waals surface area contributed by atoms with E-state index >= 15 is 0 Å². The van der Waals surface area contributed by atoms with Crippen LogP contribution in [0.5, 0.6) is 0 Å². The molecule has 0 N–H and O–H groups in total. The summed E-state index contributed by atoms with van der Waals surface area (Å²) in [4.78, 5) is 54.3. The topological polar surface area (TPSA) is 123 Å². The monoisotopic (exact) mass is 865 g/mol. The van der Waals surface area contributed by atoms with E-state index in [1.54, 1.807) is 17.3 Å². The van der Waals surface area contributed by atoms with Crippen molar-refractivity contribution in [1.82, 2.24) is 39.7 Å². The molecule has 4 aromatic heterocycles. The van der Waals surface area contributed by atoms with E-state index in [4.69, 9.17) is 34.6 Å². The van der Waals surface area contributed by atoms with Gasteiger partial charge in [0.15, 0.2) is 11.6 Å². The number of para-hydroxylation sites is 2. The molecule has 0 aliphatic carbocycles. The van der Waals surface area contributed by atoms with Gasteiger partial charge in [-0.05, 0) is 84.1 Å². The number of likely N-dealkylation sites (N-methyl/N-ethyl adjacent to an activating group) is 2. The first-order chi connectivity index (χ1) is 31.0. The van der Waals surface area contributed by atoms with Crippen LogP contribution in [0.1, 0.15) is 70.7 Å². The van der Waals surface area contributed by atoms with Gasteiger partial charge in [-0.25, -0.2) is 24.7 Å². The molecule has 4 aliphatic rings. The van der Waals surface area contributed by atoms with Crippen molar-refractivity contribution in [1.29, 1.82) is 0 Å². The third-order valence-electron chi connectivity index (χ3n) is 12.6. The second kappa shape index (κ2) is 19.3. The highest BCUT2D eigenvalue weighted by atomic mass is 16.6. The Labute approximate surface area is 378 Å². The Kier molecular flexibility index (Phi) is 13.4. The van der Waals surface area contributed by atoms with Crippen molar-refractivity contribution in [2.45, 2.75) is 77.0 Å². The number of hydrogen-bond acceptors (Lipinski definition) is 13. The first kappa shape index (κ1) is 44.5. The molecule has 0 spiro atoms. The molecule has 0 radical (unpaired) electrons. The number of amides is 1. The van der Waals surface area contributed by atoms with Crippen LogP contribution in [0.2, 0.25) is 0 Å². The van der Waals surface area contributed by atoms with Crippen LogP contribution in [-0.2, 0) is 4.74 Å². The van der Waals surface area contributed by atoms with Gasteiger partial charge in [-0.3, -0.25) is 9.97 Å². The molecule has 4 aliphatic heterocycles. The van der Waals surface area contributed by atoms with Crippen molar-refractivity contribution < 1.29 is 9.53 Å². The molecule has 64 heavy (non-hydrogen) atoms. The summed E-state index contributed by atoms with van der Waals surface area (Å²) in [6, 6.07) is 25.6. The largest absolute Gasteiger partial charge is 0.444 e. The van der Waals surface area contributed by atoms with Crippen LogP contribution in [0.25, 0.3) is 21.8 Å². The highest BCUT2D eigenvalue weighted by Gasteiger charge is 2.38. The molecule has 4 fully saturated rings. The fraction of sp³-hybridized carbons (Fsp3) is 0.460. The van der Waals surface area contributed by atoms with Gasteiger partial charge >= 0.3 is 6.09 Å². The molecular weight excluding hydrogens is 801 g/mol. The highest BCUT2D eigenvalue weighted by molar-refractivity contribution is 5.81. The first-order valence-corrected chi connectivity index (χ1v) is 22.9. The maximum atomic E-state index is 12.5. The number of aromatic nitrogens is 6. The first-order valence-electron chi connectivity index (χ1n) is 22.9. The van der Waals surface area contributed by atoms with Gasteiger partial charge in [-0.1, -0.05) is 50.2 Å². The Balaban J connectivity index is 0.000000171. The number of anilines is 4. The maximum absolute atomic E-state index is 12.5. The molecule has 2 unspecified atom stereocenters. The summed E-state index contributed by atoms with van der Waals surface area (Å²) in [6.45, 7) is 16.9. The summed E-state index contributed by atoms with van der Waals surface area (Å²) >= 11 is 0. The number of carbonyl (C=O) groups is 1. The van der Waals surface area contributed by atoms with Crippen molar-refractivity contribution in [2.75, 3.05) is 93.1 Å². The van der Waals surface area contributed by atoms with E-state index in [1.165, 1.54) is 11.8 Å². The zero-order valence-corrected chi connectivity index (χ0v) is 38.8. The van der Waals surface area contributed by atoms with Crippen LogP contribution in [-0.4, -0.2) is 137 Å². The van der Waals surface area contributed by atoms with E-state index < -0.39 is 5.60 Å². The Bertz CT molecular complexity index is 2520. The fourth-order valence-corrected chi connectivity index (χ4v) is 8.98. The van der Waals surface area contributed by atoms with E-state index in [0.29, 0.717) is 17.9 Å². The molecule has 1 amide bonds. The SMILES string of the molecule is CC.CN(C(=O)OC(C)(C)C)C1CCN(c2nccnc2C2CN(c3ccc4ccccc4n3)C2)C1.CN(C)C1CCN(c2nccnc2C2CN(c3ccc4ccccc4n3)C2)C1. The van der Waals surface area contributed by atoms with E-state index in [1.807, 2.05) is 72.3 Å². The lowest BCUT2D eigenvalue weighted by molar-refractivity contribution is 0.0237. The Morgan fingerprint density at radius 3 is 1.47 bits per heavy atom. The van der Waals surface area contributed by atoms with Crippen LogP contribution >= 0.6 is 0 Å². The lowest BCUT2D eigenvalue weighted by Crippen LogP contribution is -2.46. The van der Waals surface area contributed by atoms with Crippen molar-refractivity contribution in [3.63, 3.8) is 0 Å². The van der Waals surface area contributed by atoms with Gasteiger partial charge in [0, 0.05) is 113 Å². The second-order valence-corrected chi connectivity index (χ2v) is 18.3. The molecule has 0 bridgehead atoms. The Hall–Kier alpha value is -6.15. The van der Waals surface area contributed by atoms with E-state index in [2.05, 4.69) is 93.2 Å². The quantitative estimate of drug-likeness (QED) is 0.148. The predicted molar refractivity (Wildman–Crippen MR) is 258 cm³/mol. The van der Waals surface area contributed by atoms with Crippen LogP contribution in [0, 0.1) is 0 Å². The molecule has 10 rings (SSSR count). The zero-order valence-electron chi connectivity index (χ0n) is 38.8. The van der Waals surface area contributed by atoms with Crippen molar-refractivity contribution >= 4 is 51.2 Å². The summed E-state index contributed by atoms with van der Waals surface area (Å²) in [6.07, 6.45) is 8.96. The number of carbonyl (C=O) groups excluding carboxylic acids is 1. The molecule has 2 atom stereocenters. The smallest absolute Gasteiger partial charge is 0.410 e. The van der Waals surface area contributed by atoms with Crippen LogP contribution in [0.3, 0.4) is 0 Å². The van der Waals surface area contributed by atoms with Crippen LogP contribution in [0.15, 0.2) is 97.6 Å². The average Bonchev–Trinajstić information content (AvgIpc) is 3.98.